The summed E-state index contributed by atoms with van der Waals surface area (Å²) in [4.78, 5) is 34.6. The Balaban J connectivity index is 2.28. The van der Waals surface area contributed by atoms with Gasteiger partial charge in [0.25, 0.3) is 0 Å². The molecule has 0 aliphatic carbocycles. The summed E-state index contributed by atoms with van der Waals surface area (Å²) >= 11 is 2.02. The van der Waals surface area contributed by atoms with Crippen molar-refractivity contribution in [1.82, 2.24) is 4.90 Å². The topological polar surface area (TPSA) is 54.5 Å². The van der Waals surface area contributed by atoms with Crippen LogP contribution >= 0.6 is 22.4 Å². The standard InChI is InChI=1S/C10H14BINO3/c12-11-8-7-9(15)13(10(8)16)5-3-1-2-4-6-14/h6,8H,1-5,7H2. The highest BCUT2D eigenvalue weighted by Crippen LogP contribution is 2.25. The van der Waals surface area contributed by atoms with E-state index in [2.05, 4.69) is 0 Å². The Morgan fingerprint density at radius 1 is 1.38 bits per heavy atom. The molecule has 0 saturated carbocycles. The van der Waals surface area contributed by atoms with Crippen molar-refractivity contribution in [3.63, 3.8) is 0 Å². The average Bonchev–Trinajstić information content (AvgIpc) is 2.55. The predicted molar refractivity (Wildman–Crippen MR) is 69.4 cm³/mol. The molecular formula is C10H14BINO3. The number of carbonyl (C=O) groups is 3. The van der Waals surface area contributed by atoms with Gasteiger partial charge in [0.15, 0.2) is 0 Å². The molecule has 1 fully saturated rings. The highest BCUT2D eigenvalue weighted by Gasteiger charge is 2.37. The van der Waals surface area contributed by atoms with Crippen LogP contribution in [0.2, 0.25) is 5.82 Å². The molecule has 6 heteroatoms. The summed E-state index contributed by atoms with van der Waals surface area (Å²) < 4.78 is 0. The lowest BCUT2D eigenvalue weighted by Gasteiger charge is -2.13. The van der Waals surface area contributed by atoms with E-state index in [1.807, 2.05) is 22.4 Å². The summed E-state index contributed by atoms with van der Waals surface area (Å²) in [5.41, 5.74) is 0. The summed E-state index contributed by atoms with van der Waals surface area (Å²) in [6.45, 7) is 0.498. The fraction of sp³-hybridized carbons (Fsp3) is 0.700. The first kappa shape index (κ1) is 13.7. The number of rotatable bonds is 7. The first-order chi connectivity index (χ1) is 7.70. The molecule has 87 valence electrons. The molecule has 16 heavy (non-hydrogen) atoms. The van der Waals surface area contributed by atoms with Gasteiger partial charge in [-0.05, 0) is 12.8 Å². The summed E-state index contributed by atoms with van der Waals surface area (Å²) in [5.74, 6) is -0.379. The zero-order chi connectivity index (χ0) is 12.0. The van der Waals surface area contributed by atoms with E-state index in [0.717, 1.165) is 25.5 Å². The molecule has 1 radical (unpaired) electrons. The van der Waals surface area contributed by atoms with Crippen molar-refractivity contribution in [2.75, 3.05) is 6.54 Å². The van der Waals surface area contributed by atoms with E-state index in [1.165, 1.54) is 4.90 Å². The maximum Gasteiger partial charge on any atom is 0.229 e. The van der Waals surface area contributed by atoms with Gasteiger partial charge in [0.1, 0.15) is 6.29 Å². The number of hydrogen-bond donors (Lipinski definition) is 0. The second-order valence-electron chi connectivity index (χ2n) is 3.84. The lowest BCUT2D eigenvalue weighted by Crippen LogP contribution is -2.31. The SMILES string of the molecule is O=CCCCCCN1C(=O)CC([B]I)C1=O. The van der Waals surface area contributed by atoms with Crippen molar-refractivity contribution in [3.8, 4) is 0 Å². The van der Waals surface area contributed by atoms with Gasteiger partial charge < -0.3 is 4.79 Å². The second kappa shape index (κ2) is 7.03. The highest BCUT2D eigenvalue weighted by atomic mass is 127. The van der Waals surface area contributed by atoms with E-state index < -0.39 is 0 Å². The van der Waals surface area contributed by atoms with E-state index >= 15 is 0 Å². The Kier molecular flexibility index (Phi) is 6.01. The van der Waals surface area contributed by atoms with Crippen LogP contribution in [0, 0.1) is 0 Å². The number of nitrogens with zero attached hydrogens (tertiary/aromatic N) is 1. The second-order valence-corrected chi connectivity index (χ2v) is 4.56. The lowest BCUT2D eigenvalue weighted by atomic mass is 9.86. The van der Waals surface area contributed by atoms with E-state index in [9.17, 15) is 14.4 Å². The quantitative estimate of drug-likeness (QED) is 0.232. The summed E-state index contributed by atoms with van der Waals surface area (Å²) in [5, 5.41) is 1.75. The van der Waals surface area contributed by atoms with Crippen molar-refractivity contribution in [1.29, 1.82) is 0 Å². The van der Waals surface area contributed by atoms with E-state index in [1.54, 1.807) is 5.14 Å². The molecule has 4 nitrogen and oxygen atoms in total. The first-order valence-corrected chi connectivity index (χ1v) is 6.66. The minimum absolute atomic E-state index is 0.0710. The number of aldehydes is 1. The van der Waals surface area contributed by atoms with Crippen molar-refractivity contribution in [2.24, 2.45) is 0 Å². The molecule has 0 aromatic carbocycles. The van der Waals surface area contributed by atoms with Crippen LogP contribution in [-0.2, 0) is 14.4 Å². The smallest absolute Gasteiger partial charge is 0.229 e. The predicted octanol–water partition coefficient (Wildman–Crippen LogP) is 1.35. The Bertz CT molecular complexity index is 285. The third kappa shape index (κ3) is 3.57. The van der Waals surface area contributed by atoms with Gasteiger partial charge in [-0.1, -0.05) is 6.42 Å². The minimum Gasteiger partial charge on any atom is -0.303 e. The molecule has 1 rings (SSSR count). The zero-order valence-corrected chi connectivity index (χ0v) is 11.2. The Morgan fingerprint density at radius 3 is 2.69 bits per heavy atom. The summed E-state index contributed by atoms with van der Waals surface area (Å²) in [6, 6.07) is 0. The third-order valence-corrected chi connectivity index (χ3v) is 3.50. The van der Waals surface area contributed by atoms with E-state index in [-0.39, 0.29) is 17.6 Å². The van der Waals surface area contributed by atoms with Gasteiger partial charge in [0.2, 0.25) is 17.0 Å². The van der Waals surface area contributed by atoms with E-state index in [4.69, 9.17) is 0 Å². The van der Waals surface area contributed by atoms with Gasteiger partial charge in [-0.15, -0.1) is 0 Å². The number of carbonyl (C=O) groups excluding carboxylic acids is 3. The Hall–Kier alpha value is -0.395. The minimum atomic E-state index is -0.233. The molecule has 0 N–H and O–H groups in total. The van der Waals surface area contributed by atoms with Crippen LogP contribution in [0.3, 0.4) is 0 Å². The van der Waals surface area contributed by atoms with Gasteiger partial charge in [0, 0.05) is 25.2 Å². The molecule has 0 aromatic heterocycles. The number of imide groups is 1. The van der Waals surface area contributed by atoms with Gasteiger partial charge in [-0.25, -0.2) is 0 Å². The Morgan fingerprint density at radius 2 is 2.12 bits per heavy atom. The number of hydrogen-bond acceptors (Lipinski definition) is 3. The molecule has 1 unspecified atom stereocenters. The fourth-order valence-corrected chi connectivity index (χ4v) is 2.28. The van der Waals surface area contributed by atoms with Crippen molar-refractivity contribution in [3.05, 3.63) is 0 Å². The molecule has 2 amide bonds. The first-order valence-electron chi connectivity index (χ1n) is 5.42. The van der Waals surface area contributed by atoms with Crippen molar-refractivity contribution in [2.45, 2.75) is 37.9 Å². The molecule has 0 aromatic rings. The monoisotopic (exact) mass is 334 g/mol. The van der Waals surface area contributed by atoms with Crippen LogP contribution < -0.4 is 0 Å². The normalized spacial score (nSPS) is 20.3. The largest absolute Gasteiger partial charge is 0.303 e. The molecule has 0 bridgehead atoms. The molecule has 1 aliphatic heterocycles. The van der Waals surface area contributed by atoms with E-state index in [0.29, 0.717) is 19.4 Å². The third-order valence-electron chi connectivity index (χ3n) is 2.63. The number of likely N-dealkylation sites (tertiary alicyclic amines) is 1. The lowest BCUT2D eigenvalue weighted by molar-refractivity contribution is -0.138. The molecule has 1 heterocycles. The van der Waals surface area contributed by atoms with Crippen LogP contribution in [0.25, 0.3) is 0 Å². The van der Waals surface area contributed by atoms with Crippen LogP contribution in [0.4, 0.5) is 0 Å². The number of unbranched alkanes of at least 4 members (excludes halogenated alkanes) is 3. The highest BCUT2D eigenvalue weighted by molar-refractivity contribution is 14.1. The van der Waals surface area contributed by atoms with Gasteiger partial charge in [-0.3, -0.25) is 14.5 Å². The molecule has 0 spiro atoms. The molecule has 1 saturated heterocycles. The van der Waals surface area contributed by atoms with Crippen LogP contribution in [0.15, 0.2) is 0 Å². The average molecular weight is 334 g/mol. The molecular weight excluding hydrogens is 320 g/mol. The van der Waals surface area contributed by atoms with Crippen molar-refractivity contribution >= 4 is 45.6 Å². The van der Waals surface area contributed by atoms with Gasteiger partial charge in [0.05, 0.1) is 0 Å². The van der Waals surface area contributed by atoms with Crippen molar-refractivity contribution < 1.29 is 14.4 Å². The van der Waals surface area contributed by atoms with Gasteiger partial charge in [-0.2, -0.15) is 22.4 Å². The molecule has 1 aliphatic rings. The summed E-state index contributed by atoms with van der Waals surface area (Å²) in [6.07, 6.45) is 4.28. The maximum absolute atomic E-state index is 11.7. The number of amides is 2. The van der Waals surface area contributed by atoms with Crippen LogP contribution in [0.1, 0.15) is 32.1 Å². The fourth-order valence-electron chi connectivity index (χ4n) is 1.72. The Labute approximate surface area is 109 Å². The maximum atomic E-state index is 11.7. The number of halogens is 1. The van der Waals surface area contributed by atoms with Crippen LogP contribution in [0.5, 0.6) is 0 Å². The van der Waals surface area contributed by atoms with Gasteiger partial charge >= 0.3 is 0 Å². The summed E-state index contributed by atoms with van der Waals surface area (Å²) in [7, 11) is 0. The molecule has 1 atom stereocenters. The zero-order valence-electron chi connectivity index (χ0n) is 9.02. The van der Waals surface area contributed by atoms with Crippen LogP contribution in [-0.4, -0.2) is 34.7 Å².